The van der Waals surface area contributed by atoms with Gasteiger partial charge in [0.1, 0.15) is 34.6 Å². The third kappa shape index (κ3) is 5.88. The van der Waals surface area contributed by atoms with Crippen LogP contribution in [-0.4, -0.2) is 29.1 Å². The second-order valence-electron chi connectivity index (χ2n) is 14.0. The first-order chi connectivity index (χ1) is 27.6. The fraction of sp³-hybridized carbons (Fsp3) is 0.0833. The van der Waals surface area contributed by atoms with Crippen molar-refractivity contribution in [2.45, 2.75) is 26.2 Å². The summed E-state index contributed by atoms with van der Waals surface area (Å²) in [6.07, 6.45) is 8.24. The predicted molar refractivity (Wildman–Crippen MR) is 223 cm³/mol. The molecule has 0 radical (unpaired) electrons. The zero-order valence-electron chi connectivity index (χ0n) is 30.9. The smallest absolute Gasteiger partial charge is 0.159 e. The van der Waals surface area contributed by atoms with E-state index in [4.69, 9.17) is 14.5 Å². The molecule has 0 amide bonds. The fourth-order valence-corrected chi connectivity index (χ4v) is 7.65. The number of aromatic nitrogens is 6. The molecule has 0 spiro atoms. The van der Waals surface area contributed by atoms with Crippen LogP contribution >= 0.6 is 0 Å². The van der Waals surface area contributed by atoms with Crippen molar-refractivity contribution in [2.24, 2.45) is 0 Å². The first kappa shape index (κ1) is 33.3. The van der Waals surface area contributed by atoms with E-state index < -0.39 is 0 Å². The van der Waals surface area contributed by atoms with Gasteiger partial charge in [0.05, 0.1) is 22.1 Å². The summed E-state index contributed by atoms with van der Waals surface area (Å²) >= 11 is 0. The zero-order valence-corrected chi connectivity index (χ0v) is 30.9. The molecule has 0 N–H and O–H groups in total. The Morgan fingerprint density at radius 3 is 1.62 bits per heavy atom. The molecule has 8 nitrogen and oxygen atoms in total. The second-order valence-corrected chi connectivity index (χ2v) is 14.0. The highest BCUT2D eigenvalue weighted by Crippen LogP contribution is 2.39. The van der Waals surface area contributed by atoms with Gasteiger partial charge in [0, 0.05) is 70.1 Å². The molecule has 0 aliphatic heterocycles. The van der Waals surface area contributed by atoms with Crippen LogP contribution in [-0.2, 0) is 0 Å². The standard InChI is InChI=1S/C48H36N6O2/c1-3-31(2)32-20-24-50-47(27-32)54-43-14-7-5-12-39(43)41-19-17-35(30-45(41)54)56-37-26-33(48-51-22-10-23-52-48)25-36(28-37)55-34-16-18-40-38-11-4-6-13-42(38)53(44(40)29-34)46-15-8-9-21-49-46/h4-31H,3H2,1-2H3. The highest BCUT2D eigenvalue weighted by Gasteiger charge is 2.18. The van der Waals surface area contributed by atoms with Crippen molar-refractivity contribution in [3.05, 3.63) is 170 Å². The molecule has 56 heavy (non-hydrogen) atoms. The third-order valence-corrected chi connectivity index (χ3v) is 10.5. The Kier molecular flexibility index (Phi) is 8.21. The summed E-state index contributed by atoms with van der Waals surface area (Å²) in [5.74, 6) is 5.24. The average molecular weight is 729 g/mol. The fourth-order valence-electron chi connectivity index (χ4n) is 7.65. The Hall–Kier alpha value is -7.32. The summed E-state index contributed by atoms with van der Waals surface area (Å²) in [7, 11) is 0. The Labute approximate surface area is 323 Å². The lowest BCUT2D eigenvalue weighted by Gasteiger charge is -2.14. The lowest BCUT2D eigenvalue weighted by molar-refractivity contribution is 0.461. The normalized spacial score (nSPS) is 12.1. The zero-order chi connectivity index (χ0) is 37.6. The van der Waals surface area contributed by atoms with E-state index in [0.29, 0.717) is 34.7 Å². The minimum Gasteiger partial charge on any atom is -0.457 e. The maximum Gasteiger partial charge on any atom is 0.159 e. The van der Waals surface area contributed by atoms with Gasteiger partial charge in [0.25, 0.3) is 0 Å². The van der Waals surface area contributed by atoms with Gasteiger partial charge in [-0.15, -0.1) is 0 Å². The SMILES string of the molecule is CCC(C)c1ccnc(-n2c3ccccc3c3ccc(Oc4cc(Oc5ccc6c7ccccc7n(-c7ccccn7)c6c5)cc(-c5ncccn5)c4)cc32)c1. The van der Waals surface area contributed by atoms with Gasteiger partial charge in [-0.05, 0) is 96.8 Å². The van der Waals surface area contributed by atoms with Crippen LogP contribution in [0.5, 0.6) is 23.0 Å². The van der Waals surface area contributed by atoms with Crippen molar-refractivity contribution in [3.63, 3.8) is 0 Å². The quantitative estimate of drug-likeness (QED) is 0.147. The summed E-state index contributed by atoms with van der Waals surface area (Å²) in [6.45, 7) is 4.47. The van der Waals surface area contributed by atoms with E-state index in [1.165, 1.54) is 5.56 Å². The van der Waals surface area contributed by atoms with Crippen molar-refractivity contribution < 1.29 is 9.47 Å². The molecule has 10 rings (SSSR count). The van der Waals surface area contributed by atoms with E-state index in [1.54, 1.807) is 18.5 Å². The molecule has 0 saturated carbocycles. The largest absolute Gasteiger partial charge is 0.457 e. The van der Waals surface area contributed by atoms with Gasteiger partial charge in [-0.2, -0.15) is 0 Å². The van der Waals surface area contributed by atoms with Crippen LogP contribution in [0.3, 0.4) is 0 Å². The molecule has 0 saturated heterocycles. The first-order valence-electron chi connectivity index (χ1n) is 18.8. The molecular weight excluding hydrogens is 693 g/mol. The molecule has 8 heteroatoms. The highest BCUT2D eigenvalue weighted by atomic mass is 16.5. The Morgan fingerprint density at radius 2 is 1.02 bits per heavy atom. The monoisotopic (exact) mass is 728 g/mol. The molecule has 270 valence electrons. The van der Waals surface area contributed by atoms with Crippen LogP contribution in [0.25, 0.3) is 66.6 Å². The molecule has 0 aliphatic carbocycles. The van der Waals surface area contributed by atoms with Crippen LogP contribution in [0.4, 0.5) is 0 Å². The number of rotatable bonds is 9. The number of benzene rings is 5. The molecule has 1 atom stereocenters. The summed E-state index contributed by atoms with van der Waals surface area (Å²) in [6, 6.07) is 47.1. The van der Waals surface area contributed by atoms with Crippen molar-refractivity contribution in [3.8, 4) is 46.0 Å². The second kappa shape index (κ2) is 13.8. The molecule has 1 unspecified atom stereocenters. The van der Waals surface area contributed by atoms with Gasteiger partial charge in [-0.25, -0.2) is 19.9 Å². The Balaban J connectivity index is 1.07. The van der Waals surface area contributed by atoms with E-state index in [9.17, 15) is 0 Å². The van der Waals surface area contributed by atoms with E-state index in [1.807, 2.05) is 60.9 Å². The average Bonchev–Trinajstić information content (AvgIpc) is 3.76. The number of hydrogen-bond acceptors (Lipinski definition) is 6. The molecule has 0 bridgehead atoms. The van der Waals surface area contributed by atoms with Gasteiger partial charge in [-0.3, -0.25) is 9.13 Å². The van der Waals surface area contributed by atoms with Crippen LogP contribution in [0.1, 0.15) is 31.7 Å². The number of para-hydroxylation sites is 2. The summed E-state index contributed by atoms with van der Waals surface area (Å²) in [5.41, 5.74) is 6.20. The number of ether oxygens (including phenoxy) is 2. The molecule has 5 aromatic carbocycles. The molecule has 10 aromatic rings. The number of hydrogen-bond donors (Lipinski definition) is 0. The van der Waals surface area contributed by atoms with Crippen LogP contribution in [0.2, 0.25) is 0 Å². The number of pyridine rings is 2. The van der Waals surface area contributed by atoms with E-state index in [0.717, 1.165) is 67.2 Å². The lowest BCUT2D eigenvalue weighted by atomic mass is 10.00. The lowest BCUT2D eigenvalue weighted by Crippen LogP contribution is -2.00. The Bertz CT molecular complexity index is 3050. The van der Waals surface area contributed by atoms with Crippen LogP contribution < -0.4 is 9.47 Å². The van der Waals surface area contributed by atoms with E-state index in [-0.39, 0.29) is 0 Å². The molecule has 5 heterocycles. The summed E-state index contributed by atoms with van der Waals surface area (Å²) in [4.78, 5) is 18.6. The van der Waals surface area contributed by atoms with Gasteiger partial charge in [0.15, 0.2) is 5.82 Å². The molecular formula is C48H36N6O2. The summed E-state index contributed by atoms with van der Waals surface area (Å²) in [5, 5.41) is 4.54. The van der Waals surface area contributed by atoms with Crippen molar-refractivity contribution in [1.82, 2.24) is 29.1 Å². The predicted octanol–water partition coefficient (Wildman–Crippen LogP) is 12.2. The first-order valence-corrected chi connectivity index (χ1v) is 18.8. The van der Waals surface area contributed by atoms with E-state index in [2.05, 4.69) is 123 Å². The topological polar surface area (TPSA) is 79.9 Å². The minimum atomic E-state index is 0.425. The Morgan fingerprint density at radius 1 is 0.464 bits per heavy atom. The van der Waals surface area contributed by atoms with Crippen molar-refractivity contribution in [2.75, 3.05) is 0 Å². The van der Waals surface area contributed by atoms with Gasteiger partial charge in [-0.1, -0.05) is 56.3 Å². The molecule has 0 fully saturated rings. The highest BCUT2D eigenvalue weighted by molar-refractivity contribution is 6.10. The van der Waals surface area contributed by atoms with Crippen LogP contribution in [0, 0.1) is 0 Å². The van der Waals surface area contributed by atoms with Crippen molar-refractivity contribution in [1.29, 1.82) is 0 Å². The number of fused-ring (bicyclic) bond motifs is 6. The van der Waals surface area contributed by atoms with Gasteiger partial charge >= 0.3 is 0 Å². The van der Waals surface area contributed by atoms with Gasteiger partial charge in [0.2, 0.25) is 0 Å². The van der Waals surface area contributed by atoms with Crippen molar-refractivity contribution >= 4 is 43.6 Å². The van der Waals surface area contributed by atoms with E-state index >= 15 is 0 Å². The maximum absolute atomic E-state index is 6.70. The minimum absolute atomic E-state index is 0.425. The molecule has 5 aromatic heterocycles. The third-order valence-electron chi connectivity index (χ3n) is 10.5. The maximum atomic E-state index is 6.70. The van der Waals surface area contributed by atoms with Crippen LogP contribution in [0.15, 0.2) is 164 Å². The summed E-state index contributed by atoms with van der Waals surface area (Å²) < 4.78 is 17.8. The number of nitrogens with zero attached hydrogens (tertiary/aromatic N) is 6. The molecule has 0 aliphatic rings. The van der Waals surface area contributed by atoms with Gasteiger partial charge < -0.3 is 9.47 Å².